The highest BCUT2D eigenvalue weighted by atomic mass is 19.1. The fraction of sp³-hybridized carbons (Fsp3) is 0.250. The van der Waals surface area contributed by atoms with Gasteiger partial charge in [0.25, 0.3) is 0 Å². The van der Waals surface area contributed by atoms with Gasteiger partial charge in [-0.3, -0.25) is 4.98 Å². The first-order valence-electron chi connectivity index (χ1n) is 6.53. The van der Waals surface area contributed by atoms with Gasteiger partial charge in [-0.15, -0.1) is 0 Å². The van der Waals surface area contributed by atoms with Crippen LogP contribution >= 0.6 is 0 Å². The number of benzene rings is 1. The molecule has 0 aliphatic heterocycles. The Kier molecular flexibility index (Phi) is 4.96. The molecule has 3 nitrogen and oxygen atoms in total. The highest BCUT2D eigenvalue weighted by Crippen LogP contribution is 2.37. The van der Waals surface area contributed by atoms with E-state index in [2.05, 4.69) is 11.1 Å². The molecule has 1 aromatic heterocycles. The smallest absolute Gasteiger partial charge is 0.129 e. The summed E-state index contributed by atoms with van der Waals surface area (Å²) < 4.78 is 28.0. The van der Waals surface area contributed by atoms with Crippen molar-refractivity contribution in [2.45, 2.75) is 18.3 Å². The molecule has 0 aliphatic rings. The molecule has 0 unspecified atom stereocenters. The van der Waals surface area contributed by atoms with Crippen LogP contribution in [0.5, 0.6) is 0 Å². The molecule has 0 saturated carbocycles. The Morgan fingerprint density at radius 2 is 1.76 bits per heavy atom. The lowest BCUT2D eigenvalue weighted by Gasteiger charge is -2.23. The molecule has 0 radical (unpaired) electrons. The molecule has 2 atom stereocenters. The SMILES string of the molecule is N#C[C@@H](c1ccncc1)[C@@H](CCO)c1c(F)cccc1F. The van der Waals surface area contributed by atoms with Gasteiger partial charge in [-0.2, -0.15) is 5.26 Å². The maximum absolute atomic E-state index is 14.0. The van der Waals surface area contributed by atoms with Gasteiger partial charge in [0.05, 0.1) is 12.0 Å². The van der Waals surface area contributed by atoms with E-state index >= 15 is 0 Å². The highest BCUT2D eigenvalue weighted by molar-refractivity contribution is 5.33. The van der Waals surface area contributed by atoms with Crippen molar-refractivity contribution in [1.82, 2.24) is 4.98 Å². The molecule has 0 fully saturated rings. The van der Waals surface area contributed by atoms with Crippen LogP contribution in [0.1, 0.15) is 29.4 Å². The number of aliphatic hydroxyl groups is 1. The molecular weight excluding hydrogens is 274 g/mol. The summed E-state index contributed by atoms with van der Waals surface area (Å²) in [5, 5.41) is 18.6. The molecule has 5 heteroatoms. The zero-order valence-electron chi connectivity index (χ0n) is 11.2. The first-order valence-corrected chi connectivity index (χ1v) is 6.53. The lowest BCUT2D eigenvalue weighted by molar-refractivity contribution is 0.269. The molecule has 0 saturated heterocycles. The third-order valence-corrected chi connectivity index (χ3v) is 3.42. The predicted octanol–water partition coefficient (Wildman–Crippen LogP) is 3.13. The second-order valence-electron chi connectivity index (χ2n) is 4.64. The Hall–Kier alpha value is -2.32. The predicted molar refractivity (Wildman–Crippen MR) is 73.4 cm³/mol. The van der Waals surface area contributed by atoms with Crippen molar-refractivity contribution in [3.05, 3.63) is 65.5 Å². The van der Waals surface area contributed by atoms with Crippen molar-refractivity contribution in [2.75, 3.05) is 6.61 Å². The molecule has 21 heavy (non-hydrogen) atoms. The Morgan fingerprint density at radius 1 is 1.14 bits per heavy atom. The standard InChI is InChI=1S/C16H14F2N2O/c17-14-2-1-3-15(18)16(14)12(6-9-21)13(10-19)11-4-7-20-8-5-11/h1-5,7-8,12-13,21H,6,9H2/t12-,13+/m1/s1. The van der Waals surface area contributed by atoms with Crippen LogP contribution in [0.25, 0.3) is 0 Å². The Labute approximate surface area is 121 Å². The van der Waals surface area contributed by atoms with E-state index in [1.807, 2.05) is 0 Å². The van der Waals surface area contributed by atoms with Crippen LogP contribution in [0.3, 0.4) is 0 Å². The van der Waals surface area contributed by atoms with E-state index in [4.69, 9.17) is 0 Å². The minimum atomic E-state index is -0.761. The Balaban J connectivity index is 2.50. The molecule has 1 aromatic carbocycles. The van der Waals surface area contributed by atoms with Crippen molar-refractivity contribution >= 4 is 0 Å². The number of nitrogens with zero attached hydrogens (tertiary/aromatic N) is 2. The van der Waals surface area contributed by atoms with Crippen LogP contribution in [-0.4, -0.2) is 16.7 Å². The fourth-order valence-electron chi connectivity index (χ4n) is 2.45. The minimum absolute atomic E-state index is 0.0956. The summed E-state index contributed by atoms with van der Waals surface area (Å²) in [5.74, 6) is -2.93. The first-order chi connectivity index (χ1) is 10.2. The van der Waals surface area contributed by atoms with Crippen LogP contribution in [-0.2, 0) is 0 Å². The van der Waals surface area contributed by atoms with Gasteiger partial charge in [-0.1, -0.05) is 6.07 Å². The van der Waals surface area contributed by atoms with Crippen molar-refractivity contribution in [3.63, 3.8) is 0 Å². The van der Waals surface area contributed by atoms with Gasteiger partial charge < -0.3 is 5.11 Å². The molecule has 0 spiro atoms. The number of nitriles is 1. The molecule has 1 N–H and O–H groups in total. The quantitative estimate of drug-likeness (QED) is 0.919. The monoisotopic (exact) mass is 288 g/mol. The van der Waals surface area contributed by atoms with Crippen molar-refractivity contribution < 1.29 is 13.9 Å². The largest absolute Gasteiger partial charge is 0.396 e. The summed E-state index contributed by atoms with van der Waals surface area (Å²) in [6, 6.07) is 8.94. The minimum Gasteiger partial charge on any atom is -0.396 e. The maximum Gasteiger partial charge on any atom is 0.129 e. The fourth-order valence-corrected chi connectivity index (χ4v) is 2.45. The molecule has 0 bridgehead atoms. The number of hydrogen-bond donors (Lipinski definition) is 1. The van der Waals surface area contributed by atoms with Gasteiger partial charge in [-0.25, -0.2) is 8.78 Å². The molecular formula is C16H14F2N2O. The highest BCUT2D eigenvalue weighted by Gasteiger charge is 2.29. The summed E-state index contributed by atoms with van der Waals surface area (Å²) >= 11 is 0. The van der Waals surface area contributed by atoms with Gasteiger partial charge in [0.15, 0.2) is 0 Å². The van der Waals surface area contributed by atoms with Gasteiger partial charge in [0, 0.05) is 30.5 Å². The molecule has 0 aliphatic carbocycles. The lowest BCUT2D eigenvalue weighted by atomic mass is 9.80. The van der Waals surface area contributed by atoms with E-state index < -0.39 is 23.5 Å². The zero-order valence-corrected chi connectivity index (χ0v) is 11.2. The average Bonchev–Trinajstić information content (AvgIpc) is 2.49. The number of pyridine rings is 1. The van der Waals surface area contributed by atoms with Crippen molar-refractivity contribution in [1.29, 1.82) is 5.26 Å². The van der Waals surface area contributed by atoms with Crippen LogP contribution in [0, 0.1) is 23.0 Å². The summed E-state index contributed by atoms with van der Waals surface area (Å²) in [7, 11) is 0. The van der Waals surface area contributed by atoms with Crippen molar-refractivity contribution in [3.8, 4) is 6.07 Å². The van der Waals surface area contributed by atoms with E-state index in [1.54, 1.807) is 12.1 Å². The number of hydrogen-bond acceptors (Lipinski definition) is 3. The van der Waals surface area contributed by atoms with Crippen LogP contribution in [0.4, 0.5) is 8.78 Å². The van der Waals surface area contributed by atoms with E-state index in [0.717, 1.165) is 12.1 Å². The molecule has 0 amide bonds. The summed E-state index contributed by atoms with van der Waals surface area (Å²) in [5.41, 5.74) is 0.462. The van der Waals surface area contributed by atoms with E-state index in [9.17, 15) is 19.1 Å². The van der Waals surface area contributed by atoms with Gasteiger partial charge in [0.1, 0.15) is 11.6 Å². The van der Waals surface area contributed by atoms with E-state index in [0.29, 0.717) is 5.56 Å². The summed E-state index contributed by atoms with van der Waals surface area (Å²) in [4.78, 5) is 3.87. The summed E-state index contributed by atoms with van der Waals surface area (Å²) in [6.07, 6.45) is 3.14. The number of aromatic nitrogens is 1. The lowest BCUT2D eigenvalue weighted by Crippen LogP contribution is -2.15. The summed E-state index contributed by atoms with van der Waals surface area (Å²) in [6.45, 7) is -0.262. The second-order valence-corrected chi connectivity index (χ2v) is 4.64. The van der Waals surface area contributed by atoms with Gasteiger partial charge in [-0.05, 0) is 36.2 Å². The Bertz CT molecular complexity index is 620. The topological polar surface area (TPSA) is 56.9 Å². The van der Waals surface area contributed by atoms with Crippen LogP contribution in [0.15, 0.2) is 42.7 Å². The van der Waals surface area contributed by atoms with Gasteiger partial charge >= 0.3 is 0 Å². The number of aliphatic hydroxyl groups excluding tert-OH is 1. The van der Waals surface area contributed by atoms with Crippen LogP contribution < -0.4 is 0 Å². The van der Waals surface area contributed by atoms with Gasteiger partial charge in [0.2, 0.25) is 0 Å². The van der Waals surface area contributed by atoms with E-state index in [1.165, 1.54) is 18.5 Å². The third kappa shape index (κ3) is 3.23. The molecule has 2 rings (SSSR count). The molecule has 1 heterocycles. The average molecular weight is 288 g/mol. The van der Waals surface area contributed by atoms with Crippen molar-refractivity contribution in [2.24, 2.45) is 0 Å². The molecule has 2 aromatic rings. The molecule has 108 valence electrons. The Morgan fingerprint density at radius 3 is 2.29 bits per heavy atom. The normalized spacial score (nSPS) is 13.4. The zero-order chi connectivity index (χ0) is 15.2. The number of halogens is 2. The second kappa shape index (κ2) is 6.91. The van der Waals surface area contributed by atoms with Crippen LogP contribution in [0.2, 0.25) is 0 Å². The maximum atomic E-state index is 14.0. The third-order valence-electron chi connectivity index (χ3n) is 3.42. The van der Waals surface area contributed by atoms with E-state index in [-0.39, 0.29) is 18.6 Å². The first kappa shape index (κ1) is 15.1. The number of rotatable bonds is 5.